The summed E-state index contributed by atoms with van der Waals surface area (Å²) in [5.74, 6) is 0.852. The van der Waals surface area contributed by atoms with E-state index in [-0.39, 0.29) is 0 Å². The van der Waals surface area contributed by atoms with E-state index in [0.29, 0.717) is 11.7 Å². The van der Waals surface area contributed by atoms with Gasteiger partial charge in [-0.1, -0.05) is 11.6 Å². The highest BCUT2D eigenvalue weighted by molar-refractivity contribution is 6.32. The first-order valence-electron chi connectivity index (χ1n) is 5.80. The van der Waals surface area contributed by atoms with Gasteiger partial charge in [-0.15, -0.1) is 0 Å². The molecule has 0 spiro atoms. The molecule has 1 aliphatic heterocycles. The van der Waals surface area contributed by atoms with Gasteiger partial charge >= 0.3 is 0 Å². The fourth-order valence-corrected chi connectivity index (χ4v) is 2.73. The van der Waals surface area contributed by atoms with E-state index in [1.54, 1.807) is 6.07 Å². The Hall–Kier alpha value is -0.730. The Bertz CT molecular complexity index is 397. The van der Waals surface area contributed by atoms with Gasteiger partial charge < -0.3 is 10.4 Å². The molecule has 2 N–H and O–H groups in total. The molecule has 0 aliphatic carbocycles. The zero-order valence-corrected chi connectivity index (χ0v) is 10.6. The predicted molar refractivity (Wildman–Crippen MR) is 67.4 cm³/mol. The Morgan fingerprint density at radius 2 is 1.94 bits per heavy atom. The molecule has 0 amide bonds. The first kappa shape index (κ1) is 11.7. The van der Waals surface area contributed by atoms with E-state index < -0.39 is 0 Å². The minimum atomic E-state index is 0.409. The van der Waals surface area contributed by atoms with Crippen molar-refractivity contribution in [2.75, 3.05) is 13.1 Å². The van der Waals surface area contributed by atoms with Crippen LogP contribution in [0.2, 0.25) is 5.02 Å². The standard InChI is InChI=1S/C13H18ClNO/c1-8-7-11(16)12(9(2)13(8)14)10-3-5-15-6-4-10/h7,10,15-16H,3-6H2,1-2H3. The third-order valence-electron chi connectivity index (χ3n) is 3.46. The molecule has 2 rings (SSSR count). The molecule has 0 aromatic heterocycles. The van der Waals surface area contributed by atoms with Crippen LogP contribution in [0.25, 0.3) is 0 Å². The van der Waals surface area contributed by atoms with Crippen molar-refractivity contribution in [2.45, 2.75) is 32.6 Å². The molecule has 1 aromatic carbocycles. The van der Waals surface area contributed by atoms with E-state index in [0.717, 1.165) is 47.6 Å². The molecule has 16 heavy (non-hydrogen) atoms. The number of piperidine rings is 1. The van der Waals surface area contributed by atoms with Crippen molar-refractivity contribution in [1.82, 2.24) is 5.32 Å². The maximum Gasteiger partial charge on any atom is 0.119 e. The largest absolute Gasteiger partial charge is 0.508 e. The molecule has 1 heterocycles. The van der Waals surface area contributed by atoms with E-state index >= 15 is 0 Å². The van der Waals surface area contributed by atoms with E-state index in [2.05, 4.69) is 5.32 Å². The Balaban J connectivity index is 2.42. The van der Waals surface area contributed by atoms with Gasteiger partial charge in [-0.3, -0.25) is 0 Å². The van der Waals surface area contributed by atoms with Crippen molar-refractivity contribution < 1.29 is 5.11 Å². The van der Waals surface area contributed by atoms with Crippen LogP contribution in [0.15, 0.2) is 6.07 Å². The number of aromatic hydroxyl groups is 1. The van der Waals surface area contributed by atoms with Crippen molar-refractivity contribution in [3.8, 4) is 5.75 Å². The number of aryl methyl sites for hydroxylation is 1. The van der Waals surface area contributed by atoms with Crippen LogP contribution < -0.4 is 5.32 Å². The second kappa shape index (κ2) is 4.64. The molecule has 1 fully saturated rings. The van der Waals surface area contributed by atoms with Crippen molar-refractivity contribution in [3.05, 3.63) is 27.8 Å². The first-order chi connectivity index (χ1) is 7.61. The first-order valence-corrected chi connectivity index (χ1v) is 6.18. The summed E-state index contributed by atoms with van der Waals surface area (Å²) in [5, 5.41) is 14.2. The molecule has 1 saturated heterocycles. The van der Waals surface area contributed by atoms with Gasteiger partial charge in [0.15, 0.2) is 0 Å². The van der Waals surface area contributed by atoms with Gasteiger partial charge in [0.1, 0.15) is 5.75 Å². The van der Waals surface area contributed by atoms with Gasteiger partial charge in [0.2, 0.25) is 0 Å². The maximum atomic E-state index is 10.1. The lowest BCUT2D eigenvalue weighted by molar-refractivity contribution is 0.423. The van der Waals surface area contributed by atoms with Gasteiger partial charge in [-0.2, -0.15) is 0 Å². The molecule has 1 aliphatic rings. The van der Waals surface area contributed by atoms with Crippen LogP contribution in [0.4, 0.5) is 0 Å². The highest BCUT2D eigenvalue weighted by atomic mass is 35.5. The summed E-state index contributed by atoms with van der Waals surface area (Å²) in [5.41, 5.74) is 3.05. The lowest BCUT2D eigenvalue weighted by atomic mass is 9.86. The fraction of sp³-hybridized carbons (Fsp3) is 0.538. The van der Waals surface area contributed by atoms with Gasteiger partial charge in [0, 0.05) is 10.6 Å². The zero-order valence-electron chi connectivity index (χ0n) is 9.81. The molecule has 0 radical (unpaired) electrons. The predicted octanol–water partition coefficient (Wildman–Crippen LogP) is 3.13. The minimum Gasteiger partial charge on any atom is -0.508 e. The lowest BCUT2D eigenvalue weighted by Crippen LogP contribution is -2.27. The van der Waals surface area contributed by atoms with E-state index in [1.165, 1.54) is 0 Å². The molecule has 0 saturated carbocycles. The van der Waals surface area contributed by atoms with Crippen LogP contribution in [0.5, 0.6) is 5.75 Å². The van der Waals surface area contributed by atoms with Crippen molar-refractivity contribution in [1.29, 1.82) is 0 Å². The third-order valence-corrected chi connectivity index (χ3v) is 4.04. The fourth-order valence-electron chi connectivity index (χ4n) is 2.58. The van der Waals surface area contributed by atoms with Gasteiger partial charge in [0.25, 0.3) is 0 Å². The van der Waals surface area contributed by atoms with Crippen molar-refractivity contribution in [3.63, 3.8) is 0 Å². The number of hydrogen-bond donors (Lipinski definition) is 2. The number of benzene rings is 1. The minimum absolute atomic E-state index is 0.409. The molecule has 0 bridgehead atoms. The van der Waals surface area contributed by atoms with Gasteiger partial charge in [0.05, 0.1) is 0 Å². The summed E-state index contributed by atoms with van der Waals surface area (Å²) in [6.07, 6.45) is 2.15. The quantitative estimate of drug-likeness (QED) is 0.789. The van der Waals surface area contributed by atoms with Crippen molar-refractivity contribution >= 4 is 11.6 Å². The summed E-state index contributed by atoms with van der Waals surface area (Å²) in [6, 6.07) is 1.78. The maximum absolute atomic E-state index is 10.1. The second-order valence-electron chi connectivity index (χ2n) is 4.59. The highest BCUT2D eigenvalue weighted by Gasteiger charge is 2.22. The third kappa shape index (κ3) is 2.04. The smallest absolute Gasteiger partial charge is 0.119 e. The van der Waals surface area contributed by atoms with Gasteiger partial charge in [-0.05, 0) is 62.9 Å². The Labute approximate surface area is 102 Å². The summed E-state index contributed by atoms with van der Waals surface area (Å²) in [4.78, 5) is 0. The molecule has 2 nitrogen and oxygen atoms in total. The van der Waals surface area contributed by atoms with Crippen LogP contribution >= 0.6 is 11.6 Å². The number of phenolic OH excluding ortho intramolecular Hbond substituents is 1. The average molecular weight is 240 g/mol. The SMILES string of the molecule is Cc1cc(O)c(C2CCNCC2)c(C)c1Cl. The number of hydrogen-bond acceptors (Lipinski definition) is 2. The lowest BCUT2D eigenvalue weighted by Gasteiger charge is -2.26. The van der Waals surface area contributed by atoms with Crippen LogP contribution in [0.1, 0.15) is 35.4 Å². The molecule has 88 valence electrons. The summed E-state index contributed by atoms with van der Waals surface area (Å²) >= 11 is 6.25. The Kier molecular flexibility index (Phi) is 3.41. The molecular weight excluding hydrogens is 222 g/mol. The van der Waals surface area contributed by atoms with Crippen LogP contribution in [0, 0.1) is 13.8 Å². The van der Waals surface area contributed by atoms with Gasteiger partial charge in [-0.25, -0.2) is 0 Å². The summed E-state index contributed by atoms with van der Waals surface area (Å²) in [7, 11) is 0. The molecular formula is C13H18ClNO. The second-order valence-corrected chi connectivity index (χ2v) is 4.97. The van der Waals surface area contributed by atoms with Crippen LogP contribution in [-0.4, -0.2) is 18.2 Å². The van der Waals surface area contributed by atoms with Crippen LogP contribution in [-0.2, 0) is 0 Å². The zero-order chi connectivity index (χ0) is 11.7. The molecule has 3 heteroatoms. The Morgan fingerprint density at radius 1 is 1.31 bits per heavy atom. The summed E-state index contributed by atoms with van der Waals surface area (Å²) in [6.45, 7) is 5.98. The van der Waals surface area contributed by atoms with E-state index in [1.807, 2.05) is 13.8 Å². The monoisotopic (exact) mass is 239 g/mol. The van der Waals surface area contributed by atoms with E-state index in [4.69, 9.17) is 11.6 Å². The van der Waals surface area contributed by atoms with Crippen LogP contribution in [0.3, 0.4) is 0 Å². The molecule has 0 unspecified atom stereocenters. The normalized spacial score (nSPS) is 17.7. The number of rotatable bonds is 1. The number of halogens is 1. The highest BCUT2D eigenvalue weighted by Crippen LogP contribution is 2.39. The molecule has 1 aromatic rings. The van der Waals surface area contributed by atoms with Crippen molar-refractivity contribution in [2.24, 2.45) is 0 Å². The Morgan fingerprint density at radius 3 is 2.56 bits per heavy atom. The topological polar surface area (TPSA) is 32.3 Å². The van der Waals surface area contributed by atoms with E-state index in [9.17, 15) is 5.11 Å². The number of nitrogens with one attached hydrogen (secondary N) is 1. The number of phenols is 1. The summed E-state index contributed by atoms with van der Waals surface area (Å²) < 4.78 is 0. The molecule has 0 atom stereocenters. The average Bonchev–Trinajstić information content (AvgIpc) is 2.28.